The number of hydrogen-bond acceptors (Lipinski definition) is 5. The molecular weight excluding hydrogens is 366 g/mol. The van der Waals surface area contributed by atoms with Crippen molar-refractivity contribution in [3.8, 4) is 0 Å². The van der Waals surface area contributed by atoms with Crippen LogP contribution in [0.3, 0.4) is 0 Å². The zero-order valence-electron chi connectivity index (χ0n) is 13.3. The Morgan fingerprint density at radius 2 is 1.62 bits per heavy atom. The SMILES string of the molecule is CCc1ccc(Nc2ncnc(Nc3ccccc3Br)c2N)cc1. The molecule has 4 N–H and O–H groups in total. The van der Waals surface area contributed by atoms with Crippen LogP contribution in [0.4, 0.5) is 28.7 Å². The third-order valence-corrected chi connectivity index (χ3v) is 4.33. The van der Waals surface area contributed by atoms with Crippen molar-refractivity contribution >= 4 is 44.6 Å². The van der Waals surface area contributed by atoms with Crippen molar-refractivity contribution in [3.63, 3.8) is 0 Å². The summed E-state index contributed by atoms with van der Waals surface area (Å²) >= 11 is 3.50. The highest BCUT2D eigenvalue weighted by Gasteiger charge is 2.10. The summed E-state index contributed by atoms with van der Waals surface area (Å²) in [6, 6.07) is 16.0. The average Bonchev–Trinajstić information content (AvgIpc) is 2.61. The highest BCUT2D eigenvalue weighted by molar-refractivity contribution is 9.10. The number of aromatic nitrogens is 2. The standard InChI is InChI=1S/C18H18BrN5/c1-2-12-7-9-13(10-8-12)23-17-16(20)18(22-11-21-17)24-15-6-4-3-5-14(15)19/h3-11H,2,20H2,1H3,(H2,21,22,23,24). The summed E-state index contributed by atoms with van der Waals surface area (Å²) in [4.78, 5) is 8.48. The predicted octanol–water partition coefficient (Wildman–Crippen LogP) is 4.87. The molecule has 0 bridgehead atoms. The van der Waals surface area contributed by atoms with Gasteiger partial charge in [0.1, 0.15) is 12.0 Å². The van der Waals surface area contributed by atoms with Crippen molar-refractivity contribution in [2.24, 2.45) is 0 Å². The fraction of sp³-hybridized carbons (Fsp3) is 0.111. The van der Waals surface area contributed by atoms with Crippen LogP contribution in [0.5, 0.6) is 0 Å². The fourth-order valence-corrected chi connectivity index (χ4v) is 2.63. The first-order valence-electron chi connectivity index (χ1n) is 7.65. The fourth-order valence-electron chi connectivity index (χ4n) is 2.25. The molecule has 0 amide bonds. The minimum atomic E-state index is 0.466. The Balaban J connectivity index is 1.83. The van der Waals surface area contributed by atoms with E-state index in [1.54, 1.807) is 0 Å². The lowest BCUT2D eigenvalue weighted by atomic mass is 10.1. The monoisotopic (exact) mass is 383 g/mol. The number of nitrogens with two attached hydrogens (primary N) is 1. The van der Waals surface area contributed by atoms with Gasteiger partial charge in [-0.2, -0.15) is 0 Å². The largest absolute Gasteiger partial charge is 0.393 e. The van der Waals surface area contributed by atoms with Gasteiger partial charge in [0.05, 0.1) is 5.69 Å². The summed E-state index contributed by atoms with van der Waals surface area (Å²) in [6.07, 6.45) is 2.49. The minimum Gasteiger partial charge on any atom is -0.393 e. The van der Waals surface area contributed by atoms with Gasteiger partial charge in [0.2, 0.25) is 0 Å². The Morgan fingerprint density at radius 3 is 2.29 bits per heavy atom. The highest BCUT2D eigenvalue weighted by atomic mass is 79.9. The molecule has 0 aliphatic rings. The second kappa shape index (κ2) is 7.31. The third kappa shape index (κ3) is 3.65. The van der Waals surface area contributed by atoms with Gasteiger partial charge in [-0.3, -0.25) is 0 Å². The van der Waals surface area contributed by atoms with Crippen LogP contribution >= 0.6 is 15.9 Å². The van der Waals surface area contributed by atoms with E-state index >= 15 is 0 Å². The van der Waals surface area contributed by atoms with Crippen LogP contribution in [-0.4, -0.2) is 9.97 Å². The summed E-state index contributed by atoms with van der Waals surface area (Å²) in [6.45, 7) is 2.13. The van der Waals surface area contributed by atoms with Gasteiger partial charge in [0, 0.05) is 10.2 Å². The van der Waals surface area contributed by atoms with Crippen LogP contribution in [0.2, 0.25) is 0 Å². The van der Waals surface area contributed by atoms with Gasteiger partial charge in [-0.05, 0) is 52.2 Å². The van der Waals surface area contributed by atoms with Gasteiger partial charge in [-0.25, -0.2) is 9.97 Å². The number of benzene rings is 2. The molecule has 6 heteroatoms. The van der Waals surface area contributed by atoms with Gasteiger partial charge in [-0.15, -0.1) is 0 Å². The van der Waals surface area contributed by atoms with E-state index in [0.29, 0.717) is 17.3 Å². The quantitative estimate of drug-likeness (QED) is 0.585. The third-order valence-electron chi connectivity index (χ3n) is 3.64. The second-order valence-corrected chi connectivity index (χ2v) is 6.12. The maximum atomic E-state index is 6.22. The number of nitrogens with zero attached hydrogens (tertiary/aromatic N) is 2. The molecule has 0 radical (unpaired) electrons. The molecular formula is C18H18BrN5. The van der Waals surface area contributed by atoms with Crippen LogP contribution < -0.4 is 16.4 Å². The lowest BCUT2D eigenvalue weighted by molar-refractivity contribution is 1.14. The number of rotatable bonds is 5. The Hall–Kier alpha value is -2.60. The molecule has 122 valence electrons. The average molecular weight is 384 g/mol. The van der Waals surface area contributed by atoms with Crippen LogP contribution in [0.15, 0.2) is 59.3 Å². The van der Waals surface area contributed by atoms with Gasteiger partial charge < -0.3 is 16.4 Å². The predicted molar refractivity (Wildman–Crippen MR) is 103 cm³/mol. The number of nitrogens with one attached hydrogen (secondary N) is 2. The maximum Gasteiger partial charge on any atom is 0.159 e. The lowest BCUT2D eigenvalue weighted by Gasteiger charge is -2.13. The van der Waals surface area contributed by atoms with Gasteiger partial charge in [0.25, 0.3) is 0 Å². The van der Waals surface area contributed by atoms with E-state index in [4.69, 9.17) is 5.73 Å². The van der Waals surface area contributed by atoms with Crippen molar-refractivity contribution in [3.05, 3.63) is 64.9 Å². The maximum absolute atomic E-state index is 6.22. The molecule has 1 aromatic heterocycles. The van der Waals surface area contributed by atoms with Crippen LogP contribution in [-0.2, 0) is 6.42 Å². The zero-order valence-corrected chi connectivity index (χ0v) is 14.8. The number of para-hydroxylation sites is 1. The van der Waals surface area contributed by atoms with Crippen molar-refractivity contribution in [1.82, 2.24) is 9.97 Å². The number of aryl methyl sites for hydroxylation is 1. The van der Waals surface area contributed by atoms with Crippen molar-refractivity contribution in [1.29, 1.82) is 0 Å². The minimum absolute atomic E-state index is 0.466. The molecule has 0 aliphatic carbocycles. The zero-order chi connectivity index (χ0) is 16.9. The molecule has 0 unspecified atom stereocenters. The molecule has 3 rings (SSSR count). The lowest BCUT2D eigenvalue weighted by Crippen LogP contribution is -2.05. The molecule has 0 aliphatic heterocycles. The van der Waals surface area contributed by atoms with Crippen LogP contribution in [0, 0.1) is 0 Å². The molecule has 1 heterocycles. The van der Waals surface area contributed by atoms with Crippen LogP contribution in [0.1, 0.15) is 12.5 Å². The molecule has 0 saturated carbocycles. The Labute approximate surface area is 149 Å². The van der Waals surface area contributed by atoms with Crippen molar-refractivity contribution in [2.45, 2.75) is 13.3 Å². The molecule has 3 aromatic rings. The smallest absolute Gasteiger partial charge is 0.159 e. The van der Waals surface area contributed by atoms with Gasteiger partial charge >= 0.3 is 0 Å². The molecule has 0 fully saturated rings. The van der Waals surface area contributed by atoms with Crippen molar-refractivity contribution in [2.75, 3.05) is 16.4 Å². The summed E-state index contributed by atoms with van der Waals surface area (Å²) in [5.74, 6) is 1.13. The number of halogens is 1. The van der Waals surface area contributed by atoms with E-state index in [1.807, 2.05) is 36.4 Å². The van der Waals surface area contributed by atoms with E-state index in [1.165, 1.54) is 11.9 Å². The number of nitrogen functional groups attached to an aromatic ring is 1. The summed E-state index contributed by atoms with van der Waals surface area (Å²) in [5, 5.41) is 6.46. The van der Waals surface area contributed by atoms with E-state index in [9.17, 15) is 0 Å². The summed E-state index contributed by atoms with van der Waals surface area (Å²) in [7, 11) is 0. The van der Waals surface area contributed by atoms with E-state index < -0.39 is 0 Å². The first kappa shape index (κ1) is 16.3. The Bertz CT molecular complexity index is 833. The molecule has 0 spiro atoms. The second-order valence-electron chi connectivity index (χ2n) is 5.26. The molecule has 0 saturated heterocycles. The molecule has 2 aromatic carbocycles. The van der Waals surface area contributed by atoms with Crippen LogP contribution in [0.25, 0.3) is 0 Å². The summed E-state index contributed by atoms with van der Waals surface area (Å²) < 4.78 is 0.938. The van der Waals surface area contributed by atoms with Gasteiger partial charge in [-0.1, -0.05) is 31.2 Å². The topological polar surface area (TPSA) is 75.9 Å². The highest BCUT2D eigenvalue weighted by Crippen LogP contribution is 2.30. The Morgan fingerprint density at radius 1 is 0.958 bits per heavy atom. The first-order valence-corrected chi connectivity index (χ1v) is 8.44. The molecule has 0 atom stereocenters. The summed E-state index contributed by atoms with van der Waals surface area (Å²) in [5.41, 5.74) is 9.79. The first-order chi connectivity index (χ1) is 11.7. The van der Waals surface area contributed by atoms with Gasteiger partial charge in [0.15, 0.2) is 11.6 Å². The normalized spacial score (nSPS) is 10.4. The molecule has 5 nitrogen and oxygen atoms in total. The Kier molecular flexibility index (Phi) is 4.96. The number of hydrogen-bond donors (Lipinski definition) is 3. The van der Waals surface area contributed by atoms with E-state index in [2.05, 4.69) is 55.6 Å². The van der Waals surface area contributed by atoms with E-state index in [0.717, 1.165) is 22.3 Å². The molecule has 24 heavy (non-hydrogen) atoms. The van der Waals surface area contributed by atoms with Crippen molar-refractivity contribution < 1.29 is 0 Å². The number of anilines is 5. The van der Waals surface area contributed by atoms with E-state index in [-0.39, 0.29) is 0 Å².